The lowest BCUT2D eigenvalue weighted by Gasteiger charge is -2.16. The average Bonchev–Trinajstić information content (AvgIpc) is 2.95. The molecule has 17 heavy (non-hydrogen) atoms. The molecule has 0 saturated carbocycles. The summed E-state index contributed by atoms with van der Waals surface area (Å²) in [5.74, 6) is 0.945. The molecule has 0 aliphatic rings. The van der Waals surface area contributed by atoms with Crippen LogP contribution in [-0.4, -0.2) is 13.7 Å². The van der Waals surface area contributed by atoms with E-state index >= 15 is 0 Å². The van der Waals surface area contributed by atoms with Gasteiger partial charge in [-0.15, -0.1) is 22.7 Å². The maximum Gasteiger partial charge on any atom is 0.129 e. The van der Waals surface area contributed by atoms with Gasteiger partial charge in [0.25, 0.3) is 0 Å². The minimum absolute atomic E-state index is 0.292. The number of hydrogen-bond acceptors (Lipinski definition) is 4. The summed E-state index contributed by atoms with van der Waals surface area (Å²) in [7, 11) is 1.71. The van der Waals surface area contributed by atoms with E-state index in [4.69, 9.17) is 4.74 Å². The zero-order chi connectivity index (χ0) is 12.3. The highest BCUT2D eigenvalue weighted by Gasteiger charge is 2.18. The molecule has 1 unspecified atom stereocenters. The second-order valence-electron chi connectivity index (χ2n) is 3.81. The lowest BCUT2D eigenvalue weighted by atomic mass is 10.1. The molecule has 0 fully saturated rings. The maximum atomic E-state index is 5.26. The van der Waals surface area contributed by atoms with Crippen molar-refractivity contribution in [2.24, 2.45) is 0 Å². The van der Waals surface area contributed by atoms with Gasteiger partial charge in [0.2, 0.25) is 0 Å². The number of methoxy groups -OCH3 is 1. The Morgan fingerprint density at radius 3 is 2.76 bits per heavy atom. The SMILES string of the molecule is CCNC(c1cc(OC)cs1)c1ccsc1C. The first-order valence-electron chi connectivity index (χ1n) is 5.66. The van der Waals surface area contributed by atoms with Crippen LogP contribution in [0.1, 0.15) is 28.3 Å². The molecule has 0 aromatic carbocycles. The Balaban J connectivity index is 2.32. The molecule has 0 amide bonds. The smallest absolute Gasteiger partial charge is 0.129 e. The van der Waals surface area contributed by atoms with Crippen molar-refractivity contribution in [3.05, 3.63) is 38.2 Å². The largest absolute Gasteiger partial charge is 0.496 e. The highest BCUT2D eigenvalue weighted by atomic mass is 32.1. The van der Waals surface area contributed by atoms with E-state index in [0.717, 1.165) is 12.3 Å². The third-order valence-corrected chi connectivity index (χ3v) is 4.57. The monoisotopic (exact) mass is 267 g/mol. The van der Waals surface area contributed by atoms with Crippen molar-refractivity contribution in [2.75, 3.05) is 13.7 Å². The van der Waals surface area contributed by atoms with Gasteiger partial charge >= 0.3 is 0 Å². The van der Waals surface area contributed by atoms with Gasteiger partial charge in [-0.2, -0.15) is 0 Å². The van der Waals surface area contributed by atoms with Gasteiger partial charge in [0.15, 0.2) is 0 Å². The standard InChI is InChI=1S/C13H17NOS2/c1-4-14-13(11-5-6-16-9(11)2)12-7-10(15-3)8-17-12/h5-8,13-14H,4H2,1-3H3. The highest BCUT2D eigenvalue weighted by Crippen LogP contribution is 2.33. The predicted octanol–water partition coefficient (Wildman–Crippen LogP) is 3.83. The minimum Gasteiger partial charge on any atom is -0.496 e. The third kappa shape index (κ3) is 2.70. The van der Waals surface area contributed by atoms with Gasteiger partial charge in [0.05, 0.1) is 13.2 Å². The van der Waals surface area contributed by atoms with Crippen LogP contribution < -0.4 is 10.1 Å². The maximum absolute atomic E-state index is 5.26. The minimum atomic E-state index is 0.292. The van der Waals surface area contributed by atoms with E-state index in [0.29, 0.717) is 6.04 Å². The summed E-state index contributed by atoms with van der Waals surface area (Å²) in [6.45, 7) is 5.27. The zero-order valence-corrected chi connectivity index (χ0v) is 12.0. The van der Waals surface area contributed by atoms with Crippen LogP contribution in [0, 0.1) is 6.92 Å². The number of thiophene rings is 2. The third-order valence-electron chi connectivity index (χ3n) is 2.73. The summed E-state index contributed by atoms with van der Waals surface area (Å²) in [6, 6.07) is 4.62. The number of rotatable bonds is 5. The Labute approximate surface area is 110 Å². The van der Waals surface area contributed by atoms with Crippen LogP contribution in [0.2, 0.25) is 0 Å². The lowest BCUT2D eigenvalue weighted by Crippen LogP contribution is -2.21. The number of nitrogens with one attached hydrogen (secondary N) is 1. The van der Waals surface area contributed by atoms with Crippen LogP contribution in [0.4, 0.5) is 0 Å². The number of ether oxygens (including phenoxy) is 1. The summed E-state index contributed by atoms with van der Waals surface area (Å²) in [5, 5.41) is 7.75. The second-order valence-corrected chi connectivity index (χ2v) is 5.87. The van der Waals surface area contributed by atoms with Crippen LogP contribution >= 0.6 is 22.7 Å². The predicted molar refractivity (Wildman–Crippen MR) is 75.4 cm³/mol. The molecule has 0 aliphatic carbocycles. The van der Waals surface area contributed by atoms with E-state index in [1.807, 2.05) is 0 Å². The van der Waals surface area contributed by atoms with Crippen molar-refractivity contribution < 1.29 is 4.74 Å². The lowest BCUT2D eigenvalue weighted by molar-refractivity contribution is 0.416. The average molecular weight is 267 g/mol. The Bertz CT molecular complexity index is 475. The molecular formula is C13H17NOS2. The van der Waals surface area contributed by atoms with Crippen molar-refractivity contribution in [1.29, 1.82) is 0 Å². The molecule has 0 radical (unpaired) electrons. The van der Waals surface area contributed by atoms with E-state index in [9.17, 15) is 0 Å². The van der Waals surface area contributed by atoms with Crippen LogP contribution in [0.3, 0.4) is 0 Å². The van der Waals surface area contributed by atoms with Crippen LogP contribution in [0.25, 0.3) is 0 Å². The van der Waals surface area contributed by atoms with Crippen molar-refractivity contribution in [3.63, 3.8) is 0 Å². The molecule has 1 N–H and O–H groups in total. The zero-order valence-electron chi connectivity index (χ0n) is 10.3. The molecule has 4 heteroatoms. The van der Waals surface area contributed by atoms with Crippen molar-refractivity contribution in [2.45, 2.75) is 19.9 Å². The molecule has 0 aliphatic heterocycles. The first-order chi connectivity index (χ1) is 8.26. The molecule has 2 nitrogen and oxygen atoms in total. The van der Waals surface area contributed by atoms with Crippen molar-refractivity contribution in [3.8, 4) is 5.75 Å². The normalized spacial score (nSPS) is 12.6. The summed E-state index contributed by atoms with van der Waals surface area (Å²) < 4.78 is 5.26. The van der Waals surface area contributed by atoms with Crippen LogP contribution in [0.5, 0.6) is 5.75 Å². The first kappa shape index (κ1) is 12.6. The fourth-order valence-corrected chi connectivity index (χ4v) is 3.54. The quantitative estimate of drug-likeness (QED) is 0.889. The molecule has 0 bridgehead atoms. The van der Waals surface area contributed by atoms with E-state index in [-0.39, 0.29) is 0 Å². The Hall–Kier alpha value is -0.840. The van der Waals surface area contributed by atoms with Gasteiger partial charge in [-0.1, -0.05) is 6.92 Å². The molecule has 92 valence electrons. The molecule has 2 aromatic heterocycles. The molecule has 0 spiro atoms. The van der Waals surface area contributed by atoms with Crippen LogP contribution in [-0.2, 0) is 0 Å². The van der Waals surface area contributed by atoms with Crippen molar-refractivity contribution >= 4 is 22.7 Å². The molecule has 0 saturated heterocycles. The van der Waals surface area contributed by atoms with Gasteiger partial charge < -0.3 is 10.1 Å². The van der Waals surface area contributed by atoms with Gasteiger partial charge in [0.1, 0.15) is 5.75 Å². The first-order valence-corrected chi connectivity index (χ1v) is 7.42. The van der Waals surface area contributed by atoms with E-state index in [2.05, 4.69) is 42.1 Å². The summed E-state index contributed by atoms with van der Waals surface area (Å²) >= 11 is 3.55. The van der Waals surface area contributed by atoms with Gasteiger partial charge in [-0.05, 0) is 36.5 Å². The number of hydrogen-bond donors (Lipinski definition) is 1. The highest BCUT2D eigenvalue weighted by molar-refractivity contribution is 7.10. The molecular weight excluding hydrogens is 250 g/mol. The Kier molecular flexibility index (Phi) is 4.20. The molecule has 2 rings (SSSR count). The summed E-state index contributed by atoms with van der Waals surface area (Å²) in [6.07, 6.45) is 0. The molecule has 1 atom stereocenters. The van der Waals surface area contributed by atoms with Gasteiger partial charge in [0, 0.05) is 15.1 Å². The van der Waals surface area contributed by atoms with E-state index < -0.39 is 0 Å². The second kappa shape index (κ2) is 5.67. The Morgan fingerprint density at radius 1 is 1.41 bits per heavy atom. The van der Waals surface area contributed by atoms with Crippen LogP contribution in [0.15, 0.2) is 22.9 Å². The topological polar surface area (TPSA) is 21.3 Å². The van der Waals surface area contributed by atoms with Gasteiger partial charge in [-0.25, -0.2) is 0 Å². The summed E-state index contributed by atoms with van der Waals surface area (Å²) in [4.78, 5) is 2.69. The summed E-state index contributed by atoms with van der Waals surface area (Å²) in [5.41, 5.74) is 1.38. The molecule has 2 heterocycles. The fourth-order valence-electron chi connectivity index (χ4n) is 1.85. The van der Waals surface area contributed by atoms with Crippen molar-refractivity contribution in [1.82, 2.24) is 5.32 Å². The van der Waals surface area contributed by atoms with E-state index in [1.54, 1.807) is 29.8 Å². The molecule has 2 aromatic rings. The Morgan fingerprint density at radius 2 is 2.24 bits per heavy atom. The van der Waals surface area contributed by atoms with E-state index in [1.165, 1.54) is 15.3 Å². The van der Waals surface area contributed by atoms with Gasteiger partial charge in [-0.3, -0.25) is 0 Å². The fraction of sp³-hybridized carbons (Fsp3) is 0.385. The number of aryl methyl sites for hydroxylation is 1.